The van der Waals surface area contributed by atoms with Gasteiger partial charge in [-0.15, -0.1) is 0 Å². The van der Waals surface area contributed by atoms with Crippen LogP contribution < -0.4 is 5.32 Å². The largest absolute Gasteiger partial charge is 0.348 e. The Bertz CT molecular complexity index is 867. The van der Waals surface area contributed by atoms with Gasteiger partial charge in [-0.3, -0.25) is 9.63 Å². The first-order chi connectivity index (χ1) is 11.7. The molecule has 0 atom stereocenters. The summed E-state index contributed by atoms with van der Waals surface area (Å²) in [6, 6.07) is 8.26. The van der Waals surface area contributed by atoms with Gasteiger partial charge in [-0.1, -0.05) is 10.5 Å². The number of hydrogen-bond acceptors (Lipinski definition) is 4. The summed E-state index contributed by atoms with van der Waals surface area (Å²) >= 11 is 0. The molecule has 2 aromatic rings. The molecule has 0 unspecified atom stereocenters. The zero-order valence-electron chi connectivity index (χ0n) is 13.5. The molecule has 0 aliphatic heterocycles. The molecule has 0 aliphatic rings. The van der Waals surface area contributed by atoms with E-state index in [9.17, 15) is 22.0 Å². The van der Waals surface area contributed by atoms with Crippen LogP contribution in [0, 0.1) is 11.6 Å². The standard InChI is InChI=1S/C16H16F2N2O4S/c1-20(24-2)25(22,23)15-5-3-4-12(8-15)16(21)19-10-11-6-13(17)9-14(18)7-11/h3-9H,10H2,1-2H3,(H,19,21). The minimum absolute atomic E-state index is 0.0856. The Labute approximate surface area is 144 Å². The van der Waals surface area contributed by atoms with Gasteiger partial charge in [0, 0.05) is 25.2 Å². The lowest BCUT2D eigenvalue weighted by atomic mass is 10.2. The van der Waals surface area contributed by atoms with Crippen LogP contribution in [0.4, 0.5) is 8.78 Å². The molecule has 0 spiro atoms. The summed E-state index contributed by atoms with van der Waals surface area (Å²) in [6.07, 6.45) is 0. The van der Waals surface area contributed by atoms with Crippen molar-refractivity contribution in [2.45, 2.75) is 11.4 Å². The average Bonchev–Trinajstić information content (AvgIpc) is 2.58. The Morgan fingerprint density at radius 1 is 1.16 bits per heavy atom. The van der Waals surface area contributed by atoms with E-state index in [2.05, 4.69) is 10.2 Å². The topological polar surface area (TPSA) is 75.7 Å². The lowest BCUT2D eigenvalue weighted by Crippen LogP contribution is -2.27. The monoisotopic (exact) mass is 370 g/mol. The second kappa shape index (κ2) is 7.68. The van der Waals surface area contributed by atoms with Crippen LogP contribution in [0.3, 0.4) is 0 Å². The fraction of sp³-hybridized carbons (Fsp3) is 0.188. The van der Waals surface area contributed by atoms with E-state index in [1.54, 1.807) is 0 Å². The summed E-state index contributed by atoms with van der Waals surface area (Å²) in [6.45, 7) is -0.109. The third-order valence-corrected chi connectivity index (χ3v) is 5.04. The number of hydroxylamine groups is 1. The van der Waals surface area contributed by atoms with Crippen LogP contribution in [0.15, 0.2) is 47.4 Å². The molecule has 2 aromatic carbocycles. The van der Waals surface area contributed by atoms with Gasteiger partial charge in [0.05, 0.1) is 12.0 Å². The fourth-order valence-electron chi connectivity index (χ4n) is 2.04. The normalized spacial score (nSPS) is 11.6. The number of carbonyl (C=O) groups is 1. The van der Waals surface area contributed by atoms with E-state index in [1.165, 1.54) is 38.4 Å². The predicted octanol–water partition coefficient (Wildman–Crippen LogP) is 2.08. The highest BCUT2D eigenvalue weighted by Gasteiger charge is 2.21. The summed E-state index contributed by atoms with van der Waals surface area (Å²) in [7, 11) is -1.47. The van der Waals surface area contributed by atoms with Crippen molar-refractivity contribution < 1.29 is 26.8 Å². The van der Waals surface area contributed by atoms with Gasteiger partial charge < -0.3 is 5.32 Å². The number of nitrogens with one attached hydrogen (secondary N) is 1. The summed E-state index contributed by atoms with van der Waals surface area (Å²) in [5.74, 6) is -2.08. The van der Waals surface area contributed by atoms with Crippen molar-refractivity contribution >= 4 is 15.9 Å². The zero-order chi connectivity index (χ0) is 18.6. The highest BCUT2D eigenvalue weighted by atomic mass is 32.2. The molecule has 0 saturated heterocycles. The number of nitrogens with zero attached hydrogens (tertiary/aromatic N) is 1. The van der Waals surface area contributed by atoms with Gasteiger partial charge in [-0.2, -0.15) is 0 Å². The predicted molar refractivity (Wildman–Crippen MR) is 85.9 cm³/mol. The van der Waals surface area contributed by atoms with Crippen LogP contribution in [0.5, 0.6) is 0 Å². The van der Waals surface area contributed by atoms with Gasteiger partial charge in [0.2, 0.25) is 0 Å². The molecule has 0 fully saturated rings. The molecule has 0 heterocycles. The van der Waals surface area contributed by atoms with Gasteiger partial charge in [0.1, 0.15) is 11.6 Å². The van der Waals surface area contributed by atoms with E-state index >= 15 is 0 Å². The molecular weight excluding hydrogens is 354 g/mol. The highest BCUT2D eigenvalue weighted by Crippen LogP contribution is 2.16. The Hall–Kier alpha value is -2.36. The Morgan fingerprint density at radius 3 is 2.40 bits per heavy atom. The molecule has 134 valence electrons. The number of rotatable bonds is 6. The molecule has 25 heavy (non-hydrogen) atoms. The Balaban J connectivity index is 2.16. The van der Waals surface area contributed by atoms with Crippen LogP contribution in [0.2, 0.25) is 0 Å². The van der Waals surface area contributed by atoms with Gasteiger partial charge >= 0.3 is 0 Å². The second-order valence-electron chi connectivity index (χ2n) is 5.09. The molecule has 0 radical (unpaired) electrons. The van der Waals surface area contributed by atoms with Gasteiger partial charge in [-0.05, 0) is 35.9 Å². The number of amides is 1. The minimum Gasteiger partial charge on any atom is -0.348 e. The minimum atomic E-state index is -3.89. The molecule has 2 rings (SSSR count). The fourth-order valence-corrected chi connectivity index (χ4v) is 3.06. The smallest absolute Gasteiger partial charge is 0.264 e. The maximum Gasteiger partial charge on any atom is 0.264 e. The van der Waals surface area contributed by atoms with Crippen molar-refractivity contribution in [2.24, 2.45) is 0 Å². The van der Waals surface area contributed by atoms with E-state index in [0.717, 1.165) is 18.2 Å². The Morgan fingerprint density at radius 2 is 1.80 bits per heavy atom. The third-order valence-electron chi connectivity index (χ3n) is 3.37. The Kier molecular flexibility index (Phi) is 5.83. The highest BCUT2D eigenvalue weighted by molar-refractivity contribution is 7.89. The van der Waals surface area contributed by atoms with Crippen LogP contribution in [0.1, 0.15) is 15.9 Å². The number of hydrogen-bond donors (Lipinski definition) is 1. The summed E-state index contributed by atoms with van der Waals surface area (Å²) in [4.78, 5) is 16.7. The van der Waals surface area contributed by atoms with E-state index in [-0.39, 0.29) is 22.6 Å². The van der Waals surface area contributed by atoms with E-state index in [1.807, 2.05) is 0 Å². The maximum atomic E-state index is 13.1. The van der Waals surface area contributed by atoms with Crippen molar-refractivity contribution in [3.05, 3.63) is 65.2 Å². The number of benzene rings is 2. The van der Waals surface area contributed by atoms with Gasteiger partial charge in [-0.25, -0.2) is 17.2 Å². The number of sulfonamides is 1. The first-order valence-electron chi connectivity index (χ1n) is 7.10. The molecule has 0 bridgehead atoms. The van der Waals surface area contributed by atoms with Gasteiger partial charge in [0.25, 0.3) is 15.9 Å². The summed E-state index contributed by atoms with van der Waals surface area (Å²) in [5.41, 5.74) is 0.330. The van der Waals surface area contributed by atoms with Crippen LogP contribution in [-0.2, 0) is 21.4 Å². The van der Waals surface area contributed by atoms with Crippen LogP contribution in [-0.4, -0.2) is 33.0 Å². The molecule has 0 aromatic heterocycles. The van der Waals surface area contributed by atoms with E-state index in [0.29, 0.717) is 4.47 Å². The lowest BCUT2D eigenvalue weighted by molar-refractivity contribution is -0.0258. The maximum absolute atomic E-state index is 13.1. The molecule has 0 aliphatic carbocycles. The van der Waals surface area contributed by atoms with Crippen molar-refractivity contribution in [2.75, 3.05) is 14.2 Å². The first-order valence-corrected chi connectivity index (χ1v) is 8.54. The number of carbonyl (C=O) groups excluding carboxylic acids is 1. The second-order valence-corrected chi connectivity index (χ2v) is 7.02. The summed E-state index contributed by atoms with van der Waals surface area (Å²) in [5, 5.41) is 2.48. The molecular formula is C16H16F2N2O4S. The average molecular weight is 370 g/mol. The first kappa shape index (κ1) is 19.0. The number of halogens is 2. The third kappa shape index (κ3) is 4.59. The van der Waals surface area contributed by atoms with Crippen molar-refractivity contribution in [1.29, 1.82) is 0 Å². The zero-order valence-corrected chi connectivity index (χ0v) is 14.3. The quantitative estimate of drug-likeness (QED) is 0.790. The molecule has 9 heteroatoms. The van der Waals surface area contributed by atoms with E-state index in [4.69, 9.17) is 0 Å². The molecule has 6 nitrogen and oxygen atoms in total. The molecule has 0 saturated carbocycles. The molecule has 1 amide bonds. The van der Waals surface area contributed by atoms with Crippen LogP contribution in [0.25, 0.3) is 0 Å². The lowest BCUT2D eigenvalue weighted by Gasteiger charge is -2.14. The van der Waals surface area contributed by atoms with Crippen molar-refractivity contribution in [3.63, 3.8) is 0 Å². The van der Waals surface area contributed by atoms with Crippen molar-refractivity contribution in [3.8, 4) is 0 Å². The van der Waals surface area contributed by atoms with Gasteiger partial charge in [0.15, 0.2) is 0 Å². The summed E-state index contributed by atoms with van der Waals surface area (Å²) < 4.78 is 51.3. The van der Waals surface area contributed by atoms with E-state index < -0.39 is 27.6 Å². The van der Waals surface area contributed by atoms with Crippen molar-refractivity contribution in [1.82, 2.24) is 9.79 Å². The molecule has 1 N–H and O–H groups in total. The SMILES string of the molecule is CON(C)S(=O)(=O)c1cccc(C(=O)NCc2cc(F)cc(F)c2)c1. The van der Waals surface area contributed by atoms with Crippen LogP contribution >= 0.6 is 0 Å².